The molecule has 2 aliphatic rings. The summed E-state index contributed by atoms with van der Waals surface area (Å²) in [5.74, 6) is -0.530. The van der Waals surface area contributed by atoms with Gasteiger partial charge >= 0.3 is 0 Å². The molecule has 8 nitrogen and oxygen atoms in total. The number of sulfonamides is 1. The summed E-state index contributed by atoms with van der Waals surface area (Å²) < 4.78 is 75.5. The van der Waals surface area contributed by atoms with E-state index in [4.69, 9.17) is 0 Å². The standard InChI is InChI=1S/C17H26N2O6S3/c1-12-8-14(3)17(9-13(12)2)28(24,25)19(16-5-7-27(22,23)11-16)18-15-4-6-26(20,21)10-15/h8-9,15-16,18H,4-7,10-11H2,1-3H3/t15-,16-/m1/s1. The van der Waals surface area contributed by atoms with Gasteiger partial charge in [0.2, 0.25) is 0 Å². The van der Waals surface area contributed by atoms with Gasteiger partial charge in [0.25, 0.3) is 10.0 Å². The third kappa shape index (κ3) is 4.43. The first-order valence-corrected chi connectivity index (χ1v) is 14.2. The van der Waals surface area contributed by atoms with E-state index >= 15 is 0 Å². The molecule has 0 amide bonds. The average Bonchev–Trinajstić information content (AvgIpc) is 3.09. The Bertz CT molecular complexity index is 1090. The maximum absolute atomic E-state index is 13.5. The number of rotatable bonds is 5. The van der Waals surface area contributed by atoms with Crippen molar-refractivity contribution in [3.05, 3.63) is 28.8 Å². The highest BCUT2D eigenvalue weighted by Crippen LogP contribution is 2.28. The molecule has 1 N–H and O–H groups in total. The van der Waals surface area contributed by atoms with Crippen LogP contribution in [0.2, 0.25) is 0 Å². The van der Waals surface area contributed by atoms with E-state index in [2.05, 4.69) is 5.43 Å². The van der Waals surface area contributed by atoms with E-state index in [1.807, 2.05) is 13.8 Å². The van der Waals surface area contributed by atoms with E-state index in [0.717, 1.165) is 15.5 Å². The Balaban J connectivity index is 2.01. The van der Waals surface area contributed by atoms with Crippen LogP contribution in [-0.2, 0) is 29.7 Å². The number of nitrogens with one attached hydrogen (secondary N) is 1. The number of hydrogen-bond donors (Lipinski definition) is 1. The van der Waals surface area contributed by atoms with Crippen molar-refractivity contribution in [1.29, 1.82) is 0 Å². The molecule has 2 heterocycles. The predicted octanol–water partition coefficient (Wildman–Crippen LogP) is 0.481. The first kappa shape index (κ1) is 21.7. The van der Waals surface area contributed by atoms with Crippen LogP contribution in [0.25, 0.3) is 0 Å². The van der Waals surface area contributed by atoms with E-state index in [0.29, 0.717) is 12.0 Å². The lowest BCUT2D eigenvalue weighted by atomic mass is 10.1. The average molecular weight is 451 g/mol. The minimum atomic E-state index is -4.07. The van der Waals surface area contributed by atoms with Gasteiger partial charge in [0.1, 0.15) is 0 Å². The number of nitrogens with zero attached hydrogens (tertiary/aromatic N) is 1. The molecular weight excluding hydrogens is 424 g/mol. The van der Waals surface area contributed by atoms with Crippen LogP contribution >= 0.6 is 0 Å². The quantitative estimate of drug-likeness (QED) is 0.648. The zero-order valence-electron chi connectivity index (χ0n) is 16.2. The summed E-state index contributed by atoms with van der Waals surface area (Å²) in [6.45, 7) is 5.40. The smallest absolute Gasteiger partial charge is 0.237 e. The molecule has 0 aromatic heterocycles. The Labute approximate surface area is 167 Å². The van der Waals surface area contributed by atoms with Crippen LogP contribution in [0.15, 0.2) is 17.0 Å². The van der Waals surface area contributed by atoms with Gasteiger partial charge in [-0.05, 0) is 56.4 Å². The molecule has 11 heteroatoms. The number of benzene rings is 1. The Kier molecular flexibility index (Phi) is 5.69. The molecule has 28 heavy (non-hydrogen) atoms. The Hall–Kier alpha value is -1.01. The summed E-state index contributed by atoms with van der Waals surface area (Å²) in [5.41, 5.74) is 5.19. The molecule has 2 saturated heterocycles. The van der Waals surface area contributed by atoms with Gasteiger partial charge in [0.15, 0.2) is 19.7 Å². The molecule has 0 aliphatic carbocycles. The third-order valence-electron chi connectivity index (χ3n) is 5.41. The van der Waals surface area contributed by atoms with E-state index < -0.39 is 41.8 Å². The highest BCUT2D eigenvalue weighted by Gasteiger charge is 2.42. The molecule has 158 valence electrons. The second-order valence-electron chi connectivity index (χ2n) is 7.79. The van der Waals surface area contributed by atoms with E-state index in [1.165, 1.54) is 0 Å². The van der Waals surface area contributed by atoms with Gasteiger partial charge in [-0.25, -0.2) is 30.7 Å². The van der Waals surface area contributed by atoms with Crippen LogP contribution < -0.4 is 5.43 Å². The molecule has 0 spiro atoms. The van der Waals surface area contributed by atoms with Crippen LogP contribution in [0.3, 0.4) is 0 Å². The zero-order valence-corrected chi connectivity index (χ0v) is 18.6. The van der Waals surface area contributed by atoms with Crippen molar-refractivity contribution in [2.45, 2.75) is 50.6 Å². The third-order valence-corrected chi connectivity index (χ3v) is 10.8. The summed E-state index contributed by atoms with van der Waals surface area (Å²) in [6, 6.07) is 2.05. The summed E-state index contributed by atoms with van der Waals surface area (Å²) in [5, 5.41) is 0. The van der Waals surface area contributed by atoms with Crippen LogP contribution in [0.1, 0.15) is 29.5 Å². The summed E-state index contributed by atoms with van der Waals surface area (Å²) in [6.07, 6.45) is 0.470. The molecule has 0 saturated carbocycles. The van der Waals surface area contributed by atoms with E-state index in [9.17, 15) is 25.3 Å². The molecule has 0 unspecified atom stereocenters. The molecule has 0 radical (unpaired) electrons. The number of sulfone groups is 2. The van der Waals surface area contributed by atoms with Gasteiger partial charge in [0, 0.05) is 6.04 Å². The fraction of sp³-hybridized carbons (Fsp3) is 0.647. The first-order valence-electron chi connectivity index (χ1n) is 9.10. The summed E-state index contributed by atoms with van der Waals surface area (Å²) >= 11 is 0. The Morgan fingerprint density at radius 1 is 0.893 bits per heavy atom. The molecule has 0 bridgehead atoms. The van der Waals surface area contributed by atoms with Gasteiger partial charge < -0.3 is 0 Å². The molecule has 1 aromatic carbocycles. The van der Waals surface area contributed by atoms with E-state index in [1.54, 1.807) is 19.1 Å². The second-order valence-corrected chi connectivity index (χ2v) is 14.0. The van der Waals surface area contributed by atoms with Gasteiger partial charge in [-0.3, -0.25) is 0 Å². The van der Waals surface area contributed by atoms with Crippen LogP contribution in [0.4, 0.5) is 0 Å². The normalized spacial score (nSPS) is 26.7. The lowest BCUT2D eigenvalue weighted by Gasteiger charge is -2.31. The Morgan fingerprint density at radius 2 is 1.46 bits per heavy atom. The van der Waals surface area contributed by atoms with Gasteiger partial charge in [-0.1, -0.05) is 6.07 Å². The molecule has 3 rings (SSSR count). The van der Waals surface area contributed by atoms with Crippen LogP contribution in [-0.4, -0.2) is 64.8 Å². The predicted molar refractivity (Wildman–Crippen MR) is 107 cm³/mol. The summed E-state index contributed by atoms with van der Waals surface area (Å²) in [7, 11) is -10.6. The lowest BCUT2D eigenvalue weighted by Crippen LogP contribution is -2.54. The SMILES string of the molecule is Cc1cc(C)c(S(=O)(=O)N(N[C@@H]2CCS(=O)(=O)C2)[C@@H]2CCS(=O)(=O)C2)cc1C. The summed E-state index contributed by atoms with van der Waals surface area (Å²) in [4.78, 5) is 0.105. The minimum Gasteiger partial charge on any atom is -0.237 e. The fourth-order valence-electron chi connectivity index (χ4n) is 3.73. The van der Waals surface area contributed by atoms with Gasteiger partial charge in [0.05, 0.1) is 33.9 Å². The highest BCUT2D eigenvalue weighted by molar-refractivity contribution is 7.92. The number of hydrogen-bond acceptors (Lipinski definition) is 7. The van der Waals surface area contributed by atoms with Crippen LogP contribution in [0, 0.1) is 20.8 Å². The first-order chi connectivity index (χ1) is 12.8. The van der Waals surface area contributed by atoms with Crippen molar-refractivity contribution in [1.82, 2.24) is 9.84 Å². The van der Waals surface area contributed by atoms with Crippen molar-refractivity contribution in [3.8, 4) is 0 Å². The lowest BCUT2D eigenvalue weighted by molar-refractivity contribution is 0.229. The van der Waals surface area contributed by atoms with Crippen molar-refractivity contribution in [3.63, 3.8) is 0 Å². The Morgan fingerprint density at radius 3 is 2.00 bits per heavy atom. The number of aryl methyl sites for hydroxylation is 3. The molecule has 2 fully saturated rings. The monoisotopic (exact) mass is 450 g/mol. The van der Waals surface area contributed by atoms with Crippen molar-refractivity contribution < 1.29 is 25.3 Å². The molecule has 2 atom stereocenters. The maximum Gasteiger partial charge on any atom is 0.256 e. The van der Waals surface area contributed by atoms with Crippen molar-refractivity contribution >= 4 is 29.7 Å². The topological polar surface area (TPSA) is 118 Å². The molecule has 2 aliphatic heterocycles. The molecular formula is C17H26N2O6S3. The minimum absolute atomic E-state index is 0.00973. The van der Waals surface area contributed by atoms with Crippen LogP contribution in [0.5, 0.6) is 0 Å². The fourth-order valence-corrected chi connectivity index (χ4v) is 9.05. The van der Waals surface area contributed by atoms with Gasteiger partial charge in [-0.2, -0.15) is 0 Å². The largest absolute Gasteiger partial charge is 0.256 e. The highest BCUT2D eigenvalue weighted by atomic mass is 32.2. The van der Waals surface area contributed by atoms with E-state index in [-0.39, 0.29) is 34.3 Å². The zero-order chi connectivity index (χ0) is 20.9. The van der Waals surface area contributed by atoms with Crippen molar-refractivity contribution in [2.24, 2.45) is 0 Å². The van der Waals surface area contributed by atoms with Crippen molar-refractivity contribution in [2.75, 3.05) is 23.0 Å². The number of hydrazine groups is 1. The molecule has 1 aromatic rings. The second kappa shape index (κ2) is 7.35. The maximum atomic E-state index is 13.5. The van der Waals surface area contributed by atoms with Gasteiger partial charge in [-0.15, -0.1) is 4.41 Å².